The highest BCUT2D eigenvalue weighted by Gasteiger charge is 2.14. The number of hydrogen-bond acceptors (Lipinski definition) is 2. The van der Waals surface area contributed by atoms with Crippen molar-refractivity contribution in [2.75, 3.05) is 0 Å². The van der Waals surface area contributed by atoms with E-state index in [4.69, 9.17) is 5.84 Å². The first-order chi connectivity index (χ1) is 6.56. The molecule has 4 heteroatoms. The summed E-state index contributed by atoms with van der Waals surface area (Å²) in [6.07, 6.45) is 0. The van der Waals surface area contributed by atoms with Gasteiger partial charge in [-0.1, -0.05) is 12.1 Å². The van der Waals surface area contributed by atoms with E-state index in [-0.39, 0.29) is 17.6 Å². The number of rotatable bonds is 2. The van der Waals surface area contributed by atoms with Gasteiger partial charge >= 0.3 is 0 Å². The Morgan fingerprint density at radius 2 is 2.21 bits per heavy atom. The summed E-state index contributed by atoms with van der Waals surface area (Å²) in [5, 5.41) is 0. The minimum Gasteiger partial charge on any atom is -0.294 e. The Balaban J connectivity index is 2.96. The Morgan fingerprint density at radius 3 is 2.71 bits per heavy atom. The molecule has 0 bridgehead atoms. The van der Waals surface area contributed by atoms with Crippen molar-refractivity contribution < 1.29 is 9.18 Å². The lowest BCUT2D eigenvalue weighted by Gasteiger charge is -2.10. The molecule has 0 saturated heterocycles. The molecule has 14 heavy (non-hydrogen) atoms. The predicted octanol–water partition coefficient (Wildman–Crippen LogP) is 1.23. The third kappa shape index (κ3) is 2.09. The van der Waals surface area contributed by atoms with Crippen LogP contribution < -0.4 is 11.3 Å². The van der Waals surface area contributed by atoms with E-state index in [0.29, 0.717) is 5.56 Å². The fraction of sp³-hybridized carbons (Fsp3) is 0.300. The lowest BCUT2D eigenvalue weighted by molar-refractivity contribution is -0.122. The molecule has 0 radical (unpaired) electrons. The molecule has 0 aromatic heterocycles. The fourth-order valence-corrected chi connectivity index (χ4v) is 1.21. The van der Waals surface area contributed by atoms with Crippen molar-refractivity contribution in [3.8, 4) is 0 Å². The zero-order chi connectivity index (χ0) is 10.7. The molecule has 1 atom stereocenters. The zero-order valence-electron chi connectivity index (χ0n) is 8.17. The van der Waals surface area contributed by atoms with Crippen LogP contribution in [0, 0.1) is 12.7 Å². The van der Waals surface area contributed by atoms with E-state index in [0.717, 1.165) is 5.56 Å². The third-order valence-electron chi connectivity index (χ3n) is 2.22. The summed E-state index contributed by atoms with van der Waals surface area (Å²) >= 11 is 0. The van der Waals surface area contributed by atoms with E-state index < -0.39 is 0 Å². The molecule has 1 unspecified atom stereocenters. The highest BCUT2D eigenvalue weighted by molar-refractivity contribution is 5.82. The van der Waals surface area contributed by atoms with Crippen LogP contribution in [0.15, 0.2) is 18.2 Å². The van der Waals surface area contributed by atoms with Crippen molar-refractivity contribution in [2.24, 2.45) is 5.84 Å². The van der Waals surface area contributed by atoms with Crippen molar-refractivity contribution in [2.45, 2.75) is 19.8 Å². The Hall–Kier alpha value is -1.42. The van der Waals surface area contributed by atoms with Crippen LogP contribution in [0.4, 0.5) is 4.39 Å². The molecular formula is C10H13FN2O. The maximum Gasteiger partial charge on any atom is 0.241 e. The average molecular weight is 196 g/mol. The van der Waals surface area contributed by atoms with Crippen LogP contribution in [0.2, 0.25) is 0 Å². The molecule has 0 saturated carbocycles. The molecule has 3 N–H and O–H groups in total. The highest BCUT2D eigenvalue weighted by Crippen LogP contribution is 2.18. The summed E-state index contributed by atoms with van der Waals surface area (Å²) in [5.41, 5.74) is 3.35. The van der Waals surface area contributed by atoms with Gasteiger partial charge in [-0.05, 0) is 31.0 Å². The number of amides is 1. The minimum absolute atomic E-state index is 0.269. The maximum absolute atomic E-state index is 12.9. The SMILES string of the molecule is Cc1cc(C(C)C(=O)NN)ccc1F. The summed E-state index contributed by atoms with van der Waals surface area (Å²) in [5.74, 6) is 4.09. The second kappa shape index (κ2) is 4.19. The zero-order valence-corrected chi connectivity index (χ0v) is 8.17. The summed E-state index contributed by atoms with van der Waals surface area (Å²) < 4.78 is 12.9. The molecular weight excluding hydrogens is 183 g/mol. The summed E-state index contributed by atoms with van der Waals surface area (Å²) in [6, 6.07) is 4.59. The van der Waals surface area contributed by atoms with Gasteiger partial charge in [-0.15, -0.1) is 0 Å². The Kier molecular flexibility index (Phi) is 3.19. The molecule has 0 spiro atoms. The number of nitrogens with one attached hydrogen (secondary N) is 1. The van der Waals surface area contributed by atoms with E-state index in [2.05, 4.69) is 5.43 Å². The predicted molar refractivity (Wildman–Crippen MR) is 51.9 cm³/mol. The first-order valence-electron chi connectivity index (χ1n) is 4.32. The molecule has 1 amide bonds. The topological polar surface area (TPSA) is 55.1 Å². The number of hydrogen-bond donors (Lipinski definition) is 2. The van der Waals surface area contributed by atoms with E-state index in [9.17, 15) is 9.18 Å². The average Bonchev–Trinajstić information content (AvgIpc) is 2.20. The number of carbonyl (C=O) groups is 1. The number of aryl methyl sites for hydroxylation is 1. The van der Waals surface area contributed by atoms with Crippen LogP contribution in [0.5, 0.6) is 0 Å². The van der Waals surface area contributed by atoms with Crippen molar-refractivity contribution in [1.29, 1.82) is 0 Å². The van der Waals surface area contributed by atoms with Crippen LogP contribution in [0.3, 0.4) is 0 Å². The van der Waals surface area contributed by atoms with Gasteiger partial charge in [-0.25, -0.2) is 10.2 Å². The van der Waals surface area contributed by atoms with Crippen molar-refractivity contribution in [1.82, 2.24) is 5.43 Å². The highest BCUT2D eigenvalue weighted by atomic mass is 19.1. The minimum atomic E-state index is -0.362. The van der Waals surface area contributed by atoms with Gasteiger partial charge in [0.15, 0.2) is 0 Å². The van der Waals surface area contributed by atoms with Gasteiger partial charge < -0.3 is 0 Å². The van der Waals surface area contributed by atoms with Gasteiger partial charge in [0.2, 0.25) is 5.91 Å². The van der Waals surface area contributed by atoms with E-state index in [1.54, 1.807) is 26.0 Å². The van der Waals surface area contributed by atoms with E-state index >= 15 is 0 Å². The number of halogens is 1. The van der Waals surface area contributed by atoms with Gasteiger partial charge in [-0.2, -0.15) is 0 Å². The smallest absolute Gasteiger partial charge is 0.241 e. The van der Waals surface area contributed by atoms with Crippen LogP contribution in [0.25, 0.3) is 0 Å². The van der Waals surface area contributed by atoms with Crippen molar-refractivity contribution in [3.05, 3.63) is 35.1 Å². The number of nitrogens with two attached hydrogens (primary N) is 1. The van der Waals surface area contributed by atoms with Crippen molar-refractivity contribution in [3.63, 3.8) is 0 Å². The molecule has 1 aromatic carbocycles. The normalized spacial score (nSPS) is 12.3. The molecule has 1 rings (SSSR count). The van der Waals surface area contributed by atoms with Crippen LogP contribution >= 0.6 is 0 Å². The number of carbonyl (C=O) groups excluding carboxylic acids is 1. The summed E-state index contributed by atoms with van der Waals surface area (Å²) in [4.78, 5) is 11.2. The van der Waals surface area contributed by atoms with Crippen LogP contribution in [-0.2, 0) is 4.79 Å². The van der Waals surface area contributed by atoms with Crippen LogP contribution in [-0.4, -0.2) is 5.91 Å². The molecule has 3 nitrogen and oxygen atoms in total. The van der Waals surface area contributed by atoms with Gasteiger partial charge in [0.25, 0.3) is 0 Å². The monoisotopic (exact) mass is 196 g/mol. The van der Waals surface area contributed by atoms with E-state index in [1.807, 2.05) is 0 Å². The Labute approximate surface area is 82.1 Å². The first kappa shape index (κ1) is 10.7. The van der Waals surface area contributed by atoms with Gasteiger partial charge in [0.05, 0.1) is 5.92 Å². The summed E-state index contributed by atoms with van der Waals surface area (Å²) in [6.45, 7) is 3.38. The fourth-order valence-electron chi connectivity index (χ4n) is 1.21. The van der Waals surface area contributed by atoms with E-state index in [1.165, 1.54) is 6.07 Å². The maximum atomic E-state index is 12.9. The lowest BCUT2D eigenvalue weighted by Crippen LogP contribution is -2.33. The Bertz CT molecular complexity index is 352. The number of benzene rings is 1. The molecule has 76 valence electrons. The molecule has 0 aliphatic heterocycles. The number of hydrazine groups is 1. The molecule has 1 aromatic rings. The van der Waals surface area contributed by atoms with Crippen LogP contribution in [0.1, 0.15) is 24.0 Å². The second-order valence-electron chi connectivity index (χ2n) is 3.24. The van der Waals surface area contributed by atoms with Gasteiger partial charge in [0.1, 0.15) is 5.82 Å². The second-order valence-corrected chi connectivity index (χ2v) is 3.24. The largest absolute Gasteiger partial charge is 0.294 e. The Morgan fingerprint density at radius 1 is 1.57 bits per heavy atom. The molecule has 0 aliphatic carbocycles. The van der Waals surface area contributed by atoms with Crippen molar-refractivity contribution >= 4 is 5.91 Å². The standard InChI is InChI=1S/C10H13FN2O/c1-6-5-8(3-4-9(6)11)7(2)10(14)13-12/h3-5,7H,12H2,1-2H3,(H,13,14). The molecule has 0 fully saturated rings. The van der Waals surface area contributed by atoms with Gasteiger partial charge in [-0.3, -0.25) is 10.2 Å². The lowest BCUT2D eigenvalue weighted by atomic mass is 9.99. The van der Waals surface area contributed by atoms with Gasteiger partial charge in [0, 0.05) is 0 Å². The quantitative estimate of drug-likeness (QED) is 0.424. The first-order valence-corrected chi connectivity index (χ1v) is 4.32. The molecule has 0 heterocycles. The summed E-state index contributed by atoms with van der Waals surface area (Å²) in [7, 11) is 0. The third-order valence-corrected chi connectivity index (χ3v) is 2.22. The molecule has 0 aliphatic rings.